The zero-order valence-corrected chi connectivity index (χ0v) is 42.5. The molecule has 0 spiro atoms. The van der Waals surface area contributed by atoms with Crippen LogP contribution in [-0.4, -0.2) is 6.71 Å². The number of fused-ring (bicyclic) bond motifs is 9. The van der Waals surface area contributed by atoms with Crippen LogP contribution in [0.15, 0.2) is 84.9 Å². The van der Waals surface area contributed by atoms with Crippen molar-refractivity contribution >= 4 is 78.0 Å². The molecule has 0 saturated carbocycles. The Bertz CT molecular complexity index is 2960. The van der Waals surface area contributed by atoms with E-state index in [1.165, 1.54) is 137 Å². The average molecular weight is 863 g/mol. The molecule has 2 aliphatic heterocycles. The van der Waals surface area contributed by atoms with Crippen LogP contribution in [-0.2, 0) is 37.9 Å². The van der Waals surface area contributed by atoms with Gasteiger partial charge in [0.05, 0.1) is 5.69 Å². The molecule has 0 amide bonds. The molecule has 330 valence electrons. The van der Waals surface area contributed by atoms with Gasteiger partial charge in [0.1, 0.15) is 0 Å². The molecule has 4 heteroatoms. The van der Waals surface area contributed by atoms with Crippen LogP contribution < -0.4 is 25.5 Å². The van der Waals surface area contributed by atoms with E-state index in [0.717, 1.165) is 0 Å². The highest BCUT2D eigenvalue weighted by Crippen LogP contribution is 2.55. The van der Waals surface area contributed by atoms with Gasteiger partial charge < -0.3 is 9.80 Å². The smallest absolute Gasteiger partial charge is 0.264 e. The number of rotatable bonds is 2. The van der Waals surface area contributed by atoms with E-state index in [4.69, 9.17) is 0 Å². The van der Waals surface area contributed by atoms with E-state index in [2.05, 4.69) is 199 Å². The third-order valence-electron chi connectivity index (χ3n) is 17.6. The molecule has 0 bridgehead atoms. The van der Waals surface area contributed by atoms with Crippen molar-refractivity contribution in [3.63, 3.8) is 0 Å². The molecule has 1 aromatic heterocycles. The van der Waals surface area contributed by atoms with E-state index in [0.29, 0.717) is 0 Å². The highest BCUT2D eigenvalue weighted by Gasteiger charge is 2.49. The van der Waals surface area contributed by atoms with Crippen LogP contribution >= 0.6 is 11.3 Å². The van der Waals surface area contributed by atoms with E-state index in [1.807, 2.05) is 11.3 Å². The molecule has 0 N–H and O–H groups in total. The average Bonchev–Trinajstić information content (AvgIpc) is 3.61. The van der Waals surface area contributed by atoms with Gasteiger partial charge in [0.15, 0.2) is 0 Å². The number of benzene rings is 5. The SMILES string of the molecule is CC(C)(C)c1ccc2sc3c(c2c1)N(c1ccc2c(c1)C(C)(C)CCC2(C)C)c1cccc2c1B3c1cc3c(cc1N2c1ccc2c(c1)C(C)(C)CCC2(C)C)C(C)(C)CCC3(C)C. The molecule has 0 radical (unpaired) electrons. The second kappa shape index (κ2) is 13.2. The highest BCUT2D eigenvalue weighted by atomic mass is 32.1. The first-order valence-electron chi connectivity index (χ1n) is 24.6. The lowest BCUT2D eigenvalue weighted by atomic mass is 9.35. The summed E-state index contributed by atoms with van der Waals surface area (Å²) in [5, 5.41) is 1.38. The van der Waals surface area contributed by atoms with Crippen LogP contribution in [0.1, 0.15) is 181 Å². The Morgan fingerprint density at radius 3 is 1.44 bits per heavy atom. The van der Waals surface area contributed by atoms with Crippen molar-refractivity contribution in [2.75, 3.05) is 9.80 Å². The molecule has 0 fully saturated rings. The van der Waals surface area contributed by atoms with E-state index in [1.54, 1.807) is 0 Å². The Kier molecular flexibility index (Phi) is 8.74. The second-order valence-corrected chi connectivity index (χ2v) is 26.9. The third kappa shape index (κ3) is 6.02. The standard InChI is InChI=1S/C60H71BN2S/c1-54(2,3)36-19-24-50-39(31-36)52-53(64-50)61-46-34-44-45(60(14,15)30-29-59(44,12)13)35-49(46)62(37-20-22-40-42(32-37)57(8,9)27-25-55(40,4)5)47-17-16-18-48(51(47)61)63(52)38-21-23-41-43(33-38)58(10,11)28-26-56(41,6)7/h16-24,31-35H,25-30H2,1-15H3. The second-order valence-electron chi connectivity index (χ2n) is 25.8. The van der Waals surface area contributed by atoms with E-state index in [-0.39, 0.29) is 44.6 Å². The van der Waals surface area contributed by atoms with Crippen LogP contribution in [0.4, 0.5) is 34.1 Å². The molecular formula is C60H71BN2S. The third-order valence-corrected chi connectivity index (χ3v) is 18.8. The van der Waals surface area contributed by atoms with Crippen molar-refractivity contribution in [1.82, 2.24) is 0 Å². The van der Waals surface area contributed by atoms with Gasteiger partial charge in [-0.15, -0.1) is 11.3 Å². The summed E-state index contributed by atoms with van der Waals surface area (Å²) in [6.45, 7) is 36.9. The summed E-state index contributed by atoms with van der Waals surface area (Å²) in [5.41, 5.74) is 22.0. The number of anilines is 6. The Morgan fingerprint density at radius 1 is 0.469 bits per heavy atom. The van der Waals surface area contributed by atoms with Gasteiger partial charge >= 0.3 is 0 Å². The molecule has 11 rings (SSSR count). The minimum absolute atomic E-state index is 0.0308. The van der Waals surface area contributed by atoms with Gasteiger partial charge in [0.2, 0.25) is 0 Å². The monoisotopic (exact) mass is 863 g/mol. The van der Waals surface area contributed by atoms with Gasteiger partial charge in [-0.1, -0.05) is 134 Å². The molecule has 64 heavy (non-hydrogen) atoms. The van der Waals surface area contributed by atoms with Crippen LogP contribution in [0.25, 0.3) is 10.1 Å². The minimum Gasteiger partial charge on any atom is -0.311 e. The number of hydrogen-bond donors (Lipinski definition) is 0. The Morgan fingerprint density at radius 2 is 0.922 bits per heavy atom. The van der Waals surface area contributed by atoms with Crippen molar-refractivity contribution in [2.45, 2.75) is 180 Å². The summed E-state index contributed by atoms with van der Waals surface area (Å²) in [6, 6.07) is 35.1. The van der Waals surface area contributed by atoms with Gasteiger partial charge in [-0.05, 0) is 181 Å². The fourth-order valence-electron chi connectivity index (χ4n) is 12.9. The molecule has 3 heterocycles. The van der Waals surface area contributed by atoms with Gasteiger partial charge in [-0.2, -0.15) is 0 Å². The molecular weight excluding hydrogens is 792 g/mol. The largest absolute Gasteiger partial charge is 0.311 e. The Balaban J connectivity index is 1.25. The topological polar surface area (TPSA) is 6.48 Å². The van der Waals surface area contributed by atoms with Crippen molar-refractivity contribution in [1.29, 1.82) is 0 Å². The van der Waals surface area contributed by atoms with Gasteiger partial charge in [0, 0.05) is 43.3 Å². The molecule has 0 saturated heterocycles. The normalized spacial score (nSPS) is 21.3. The maximum atomic E-state index is 2.71. The van der Waals surface area contributed by atoms with Crippen molar-refractivity contribution in [2.24, 2.45) is 0 Å². The van der Waals surface area contributed by atoms with Gasteiger partial charge in [-0.3, -0.25) is 0 Å². The summed E-state index contributed by atoms with van der Waals surface area (Å²) in [5.74, 6) is 0. The quantitative estimate of drug-likeness (QED) is 0.160. The predicted molar refractivity (Wildman–Crippen MR) is 280 cm³/mol. The molecule has 0 atom stereocenters. The minimum atomic E-state index is 0.0308. The first kappa shape index (κ1) is 42.4. The van der Waals surface area contributed by atoms with E-state index < -0.39 is 0 Å². The fourth-order valence-corrected chi connectivity index (χ4v) is 14.2. The molecule has 5 aliphatic rings. The van der Waals surface area contributed by atoms with Crippen molar-refractivity contribution in [3.05, 3.63) is 124 Å². The van der Waals surface area contributed by atoms with Crippen LogP contribution in [0.3, 0.4) is 0 Å². The fraction of sp³-hybridized carbons (Fsp3) is 0.467. The van der Waals surface area contributed by atoms with Crippen molar-refractivity contribution < 1.29 is 0 Å². The molecule has 5 aromatic carbocycles. The van der Waals surface area contributed by atoms with Gasteiger partial charge in [-0.25, -0.2) is 0 Å². The number of nitrogens with zero attached hydrogens (tertiary/aromatic N) is 2. The van der Waals surface area contributed by atoms with Crippen LogP contribution in [0, 0.1) is 0 Å². The first-order chi connectivity index (χ1) is 29.8. The molecule has 3 aliphatic carbocycles. The maximum absolute atomic E-state index is 2.71. The zero-order chi connectivity index (χ0) is 45.5. The highest BCUT2D eigenvalue weighted by molar-refractivity contribution is 7.33. The lowest BCUT2D eigenvalue weighted by molar-refractivity contribution is 0.332. The van der Waals surface area contributed by atoms with E-state index in [9.17, 15) is 0 Å². The van der Waals surface area contributed by atoms with Gasteiger partial charge in [0.25, 0.3) is 6.71 Å². The summed E-state index contributed by atoms with van der Waals surface area (Å²) in [4.78, 5) is 5.41. The lowest BCUT2D eigenvalue weighted by Gasteiger charge is -2.47. The lowest BCUT2D eigenvalue weighted by Crippen LogP contribution is -2.61. The van der Waals surface area contributed by atoms with E-state index >= 15 is 0 Å². The molecule has 2 nitrogen and oxygen atoms in total. The molecule has 6 aromatic rings. The number of thiophene rings is 1. The summed E-state index contributed by atoms with van der Waals surface area (Å²) >= 11 is 2.04. The summed E-state index contributed by atoms with van der Waals surface area (Å²) in [6.07, 6.45) is 7.20. The van der Waals surface area contributed by atoms with Crippen LogP contribution in [0.2, 0.25) is 0 Å². The number of hydrogen-bond acceptors (Lipinski definition) is 3. The molecule has 0 unspecified atom stereocenters. The Hall–Kier alpha value is -4.28. The summed E-state index contributed by atoms with van der Waals surface area (Å²) < 4.78 is 2.85. The first-order valence-corrected chi connectivity index (χ1v) is 25.4. The van der Waals surface area contributed by atoms with Crippen molar-refractivity contribution in [3.8, 4) is 0 Å². The Labute approximate surface area is 390 Å². The summed E-state index contributed by atoms with van der Waals surface area (Å²) in [7, 11) is 0. The predicted octanol–water partition coefficient (Wildman–Crippen LogP) is 15.3. The maximum Gasteiger partial charge on any atom is 0.264 e. The van der Waals surface area contributed by atoms with Crippen LogP contribution in [0.5, 0.6) is 0 Å². The zero-order valence-electron chi connectivity index (χ0n) is 41.7.